The van der Waals surface area contributed by atoms with Gasteiger partial charge in [-0.25, -0.2) is 4.79 Å². The van der Waals surface area contributed by atoms with E-state index in [4.69, 9.17) is 19.9 Å². The van der Waals surface area contributed by atoms with Crippen LogP contribution in [-0.2, 0) is 9.47 Å². The van der Waals surface area contributed by atoms with Crippen molar-refractivity contribution in [2.24, 2.45) is 0 Å². The van der Waals surface area contributed by atoms with Gasteiger partial charge in [-0.1, -0.05) is 0 Å². The molecule has 0 spiro atoms. The van der Waals surface area contributed by atoms with Crippen LogP contribution in [0.4, 0.5) is 5.69 Å². The number of methoxy groups -OCH3 is 1. The number of carbonyl (C=O) groups is 1. The normalized spacial score (nSPS) is 22.2. The first kappa shape index (κ1) is 13.7. The van der Waals surface area contributed by atoms with E-state index in [1.165, 1.54) is 7.11 Å². The van der Waals surface area contributed by atoms with Gasteiger partial charge in [0.15, 0.2) is 0 Å². The van der Waals surface area contributed by atoms with Gasteiger partial charge in [-0.05, 0) is 38.0 Å². The molecule has 0 aromatic heterocycles. The molecule has 0 saturated carbocycles. The maximum atomic E-state index is 12.0. The van der Waals surface area contributed by atoms with E-state index in [1.807, 2.05) is 6.92 Å². The molecule has 5 nitrogen and oxygen atoms in total. The Kier molecular flexibility index (Phi) is 4.27. The first-order valence-electron chi connectivity index (χ1n) is 6.36. The zero-order chi connectivity index (χ0) is 13.8. The number of esters is 1. The Balaban J connectivity index is 1.97. The van der Waals surface area contributed by atoms with Crippen molar-refractivity contribution in [3.63, 3.8) is 0 Å². The van der Waals surface area contributed by atoms with Crippen LogP contribution in [0.2, 0.25) is 0 Å². The number of rotatable bonds is 4. The van der Waals surface area contributed by atoms with Crippen molar-refractivity contribution in [3.05, 3.63) is 23.8 Å². The highest BCUT2D eigenvalue weighted by atomic mass is 16.6. The molecule has 0 radical (unpaired) electrons. The molecule has 2 atom stereocenters. The molecule has 1 aromatic carbocycles. The highest BCUT2D eigenvalue weighted by Gasteiger charge is 2.24. The molecule has 0 bridgehead atoms. The number of ether oxygens (including phenoxy) is 3. The van der Waals surface area contributed by atoms with E-state index in [9.17, 15) is 4.79 Å². The third-order valence-corrected chi connectivity index (χ3v) is 3.16. The zero-order valence-electron chi connectivity index (χ0n) is 11.2. The van der Waals surface area contributed by atoms with Crippen LogP contribution in [0.1, 0.15) is 30.1 Å². The van der Waals surface area contributed by atoms with E-state index in [0.29, 0.717) is 17.0 Å². The minimum absolute atomic E-state index is 0.00833. The van der Waals surface area contributed by atoms with Gasteiger partial charge in [0.05, 0.1) is 19.3 Å². The fourth-order valence-corrected chi connectivity index (χ4v) is 2.14. The fraction of sp³-hybridized carbons (Fsp3) is 0.500. The van der Waals surface area contributed by atoms with E-state index < -0.39 is 5.97 Å². The summed E-state index contributed by atoms with van der Waals surface area (Å²) in [7, 11) is 1.50. The molecule has 1 heterocycles. The predicted molar refractivity (Wildman–Crippen MR) is 71.3 cm³/mol. The van der Waals surface area contributed by atoms with Crippen LogP contribution in [0.3, 0.4) is 0 Å². The third kappa shape index (κ3) is 3.38. The second-order valence-electron chi connectivity index (χ2n) is 4.70. The molecule has 2 unspecified atom stereocenters. The van der Waals surface area contributed by atoms with Crippen molar-refractivity contribution in [1.29, 1.82) is 0 Å². The fourth-order valence-electron chi connectivity index (χ4n) is 2.14. The number of hydrogen-bond acceptors (Lipinski definition) is 5. The molecule has 0 amide bonds. The summed E-state index contributed by atoms with van der Waals surface area (Å²) in [5, 5.41) is 0. The van der Waals surface area contributed by atoms with Crippen molar-refractivity contribution in [1.82, 2.24) is 0 Å². The predicted octanol–water partition coefficient (Wildman–Crippen LogP) is 2.00. The highest BCUT2D eigenvalue weighted by molar-refractivity contribution is 5.93. The molecule has 1 aliphatic heterocycles. The molecule has 2 N–H and O–H groups in total. The quantitative estimate of drug-likeness (QED) is 0.666. The molecule has 1 aromatic rings. The van der Waals surface area contributed by atoms with Gasteiger partial charge in [-0.15, -0.1) is 0 Å². The first-order chi connectivity index (χ1) is 9.10. The van der Waals surface area contributed by atoms with E-state index in [0.717, 1.165) is 12.8 Å². The molecular formula is C14H19NO4. The van der Waals surface area contributed by atoms with Crippen LogP contribution in [0.5, 0.6) is 5.75 Å². The zero-order valence-corrected chi connectivity index (χ0v) is 11.2. The lowest BCUT2D eigenvalue weighted by atomic mass is 10.2. The number of benzene rings is 1. The topological polar surface area (TPSA) is 70.8 Å². The molecule has 19 heavy (non-hydrogen) atoms. The SMILES string of the molecule is COc1ccc(N)cc1C(=O)OCC1CCC(C)O1. The van der Waals surface area contributed by atoms with Gasteiger partial charge in [0.2, 0.25) is 0 Å². The molecule has 0 aliphatic carbocycles. The lowest BCUT2D eigenvalue weighted by molar-refractivity contribution is -0.00281. The lowest BCUT2D eigenvalue weighted by Gasteiger charge is -2.13. The van der Waals surface area contributed by atoms with Crippen molar-refractivity contribution >= 4 is 11.7 Å². The largest absolute Gasteiger partial charge is 0.496 e. The second-order valence-corrected chi connectivity index (χ2v) is 4.70. The van der Waals surface area contributed by atoms with Crippen LogP contribution < -0.4 is 10.5 Å². The summed E-state index contributed by atoms with van der Waals surface area (Å²) in [6, 6.07) is 4.89. The lowest BCUT2D eigenvalue weighted by Crippen LogP contribution is -2.19. The number of carbonyl (C=O) groups excluding carboxylic acids is 1. The van der Waals surface area contributed by atoms with Gasteiger partial charge in [0, 0.05) is 5.69 Å². The molecule has 1 aliphatic rings. The van der Waals surface area contributed by atoms with Crippen molar-refractivity contribution in [3.8, 4) is 5.75 Å². The van der Waals surface area contributed by atoms with E-state index in [2.05, 4.69) is 0 Å². The first-order valence-corrected chi connectivity index (χ1v) is 6.36. The molecular weight excluding hydrogens is 246 g/mol. The van der Waals surface area contributed by atoms with E-state index >= 15 is 0 Å². The summed E-state index contributed by atoms with van der Waals surface area (Å²) in [5.74, 6) is 0.0206. The van der Waals surface area contributed by atoms with Gasteiger partial charge < -0.3 is 19.9 Å². The Bertz CT molecular complexity index is 461. The number of anilines is 1. The summed E-state index contributed by atoms with van der Waals surface area (Å²) < 4.78 is 16.0. The molecule has 5 heteroatoms. The Morgan fingerprint density at radius 1 is 1.47 bits per heavy atom. The summed E-state index contributed by atoms with van der Waals surface area (Å²) in [6.45, 7) is 2.28. The van der Waals surface area contributed by atoms with Gasteiger partial charge in [0.25, 0.3) is 0 Å². The van der Waals surface area contributed by atoms with Crippen LogP contribution in [0.15, 0.2) is 18.2 Å². The van der Waals surface area contributed by atoms with Gasteiger partial charge in [-0.2, -0.15) is 0 Å². The molecule has 1 saturated heterocycles. The van der Waals surface area contributed by atoms with Gasteiger partial charge >= 0.3 is 5.97 Å². The number of hydrogen-bond donors (Lipinski definition) is 1. The Labute approximate surface area is 112 Å². The Morgan fingerprint density at radius 2 is 2.26 bits per heavy atom. The monoisotopic (exact) mass is 265 g/mol. The Hall–Kier alpha value is -1.75. The number of nitrogen functional groups attached to an aromatic ring is 1. The highest BCUT2D eigenvalue weighted by Crippen LogP contribution is 2.23. The van der Waals surface area contributed by atoms with Crippen LogP contribution >= 0.6 is 0 Å². The minimum atomic E-state index is -0.438. The number of nitrogens with two attached hydrogens (primary N) is 1. The standard InChI is InChI=1S/C14H19NO4/c1-9-3-5-11(19-9)8-18-14(16)12-7-10(15)4-6-13(12)17-2/h4,6-7,9,11H,3,5,8,15H2,1-2H3. The average Bonchev–Trinajstić information content (AvgIpc) is 2.81. The maximum absolute atomic E-state index is 12.0. The van der Waals surface area contributed by atoms with Crippen molar-refractivity contribution < 1.29 is 19.0 Å². The second kappa shape index (κ2) is 5.93. The molecule has 2 rings (SSSR count). The van der Waals surface area contributed by atoms with Crippen LogP contribution in [0.25, 0.3) is 0 Å². The smallest absolute Gasteiger partial charge is 0.342 e. The summed E-state index contributed by atoms with van der Waals surface area (Å²) in [5.41, 5.74) is 6.51. The van der Waals surface area contributed by atoms with Crippen LogP contribution in [0, 0.1) is 0 Å². The van der Waals surface area contributed by atoms with Crippen molar-refractivity contribution in [2.45, 2.75) is 32.0 Å². The molecule has 1 fully saturated rings. The van der Waals surface area contributed by atoms with E-state index in [-0.39, 0.29) is 18.8 Å². The van der Waals surface area contributed by atoms with E-state index in [1.54, 1.807) is 18.2 Å². The van der Waals surface area contributed by atoms with Gasteiger partial charge in [0.1, 0.15) is 17.9 Å². The van der Waals surface area contributed by atoms with Gasteiger partial charge in [-0.3, -0.25) is 0 Å². The Morgan fingerprint density at radius 3 is 2.89 bits per heavy atom. The van der Waals surface area contributed by atoms with Crippen molar-refractivity contribution in [2.75, 3.05) is 19.5 Å². The third-order valence-electron chi connectivity index (χ3n) is 3.16. The minimum Gasteiger partial charge on any atom is -0.496 e. The maximum Gasteiger partial charge on any atom is 0.342 e. The summed E-state index contributed by atoms with van der Waals surface area (Å²) in [4.78, 5) is 12.0. The summed E-state index contributed by atoms with van der Waals surface area (Å²) >= 11 is 0. The van der Waals surface area contributed by atoms with Crippen LogP contribution in [-0.4, -0.2) is 31.9 Å². The summed E-state index contributed by atoms with van der Waals surface area (Å²) in [6.07, 6.45) is 2.16. The molecule has 104 valence electrons. The average molecular weight is 265 g/mol.